The Hall–Kier alpha value is -3.13. The third-order valence-electron chi connectivity index (χ3n) is 8.10. The molecule has 0 bridgehead atoms. The van der Waals surface area contributed by atoms with Crippen LogP contribution in [0.3, 0.4) is 0 Å². The quantitative estimate of drug-likeness (QED) is 0.426. The van der Waals surface area contributed by atoms with Gasteiger partial charge >= 0.3 is 0 Å². The normalized spacial score (nSPS) is 21.8. The SMILES string of the molecule is O=C1C=Cc2ccc(Cc3ccc(N4CCCCC4)cc3)cc2C1C1CCCc2ccccc21. The average molecular weight is 448 g/mol. The van der Waals surface area contributed by atoms with Crippen molar-refractivity contribution in [1.29, 1.82) is 0 Å². The van der Waals surface area contributed by atoms with Gasteiger partial charge in [0, 0.05) is 18.8 Å². The summed E-state index contributed by atoms with van der Waals surface area (Å²) in [4.78, 5) is 15.7. The first-order chi connectivity index (χ1) is 16.8. The second kappa shape index (κ2) is 9.25. The Morgan fingerprint density at radius 2 is 1.56 bits per heavy atom. The summed E-state index contributed by atoms with van der Waals surface area (Å²) < 4.78 is 0. The van der Waals surface area contributed by atoms with E-state index in [1.54, 1.807) is 0 Å². The summed E-state index contributed by atoms with van der Waals surface area (Å²) in [6.07, 6.45) is 12.1. The molecule has 1 fully saturated rings. The van der Waals surface area contributed by atoms with Gasteiger partial charge in [-0.1, -0.05) is 60.7 Å². The van der Waals surface area contributed by atoms with E-state index in [1.165, 1.54) is 71.4 Å². The van der Waals surface area contributed by atoms with Crippen LogP contribution in [0, 0.1) is 0 Å². The number of nitrogens with zero attached hydrogens (tertiary/aromatic N) is 1. The fourth-order valence-corrected chi connectivity index (χ4v) is 6.35. The summed E-state index contributed by atoms with van der Waals surface area (Å²) >= 11 is 0. The Morgan fingerprint density at radius 3 is 2.41 bits per heavy atom. The standard InChI is InChI=1S/C32H33NO/c34-31-18-15-26-14-11-24(21-23-12-16-27(17-13-23)33-19-4-1-5-20-33)22-30(26)32(31)29-10-6-8-25-7-2-3-9-28(25)29/h2-3,7,9,11-18,22,29,32H,1,4-6,8,10,19-21H2. The molecule has 2 heteroatoms. The van der Waals surface area contributed by atoms with E-state index in [0.29, 0.717) is 0 Å². The second-order valence-corrected chi connectivity index (χ2v) is 10.3. The van der Waals surface area contributed by atoms with E-state index in [4.69, 9.17) is 0 Å². The van der Waals surface area contributed by atoms with E-state index in [-0.39, 0.29) is 17.6 Å². The minimum Gasteiger partial charge on any atom is -0.372 e. The largest absolute Gasteiger partial charge is 0.372 e. The molecular formula is C32H33NO. The molecule has 0 saturated carbocycles. The Morgan fingerprint density at radius 1 is 0.765 bits per heavy atom. The van der Waals surface area contributed by atoms with Gasteiger partial charge < -0.3 is 4.90 Å². The summed E-state index contributed by atoms with van der Waals surface area (Å²) in [6, 6.07) is 24.7. The van der Waals surface area contributed by atoms with Gasteiger partial charge in [0.2, 0.25) is 0 Å². The van der Waals surface area contributed by atoms with Crippen molar-refractivity contribution in [2.75, 3.05) is 18.0 Å². The molecule has 172 valence electrons. The third-order valence-corrected chi connectivity index (χ3v) is 8.10. The van der Waals surface area contributed by atoms with Crippen molar-refractivity contribution in [1.82, 2.24) is 0 Å². The summed E-state index contributed by atoms with van der Waals surface area (Å²) in [7, 11) is 0. The first kappa shape index (κ1) is 21.4. The highest BCUT2D eigenvalue weighted by Crippen LogP contribution is 2.45. The van der Waals surface area contributed by atoms with Crippen LogP contribution < -0.4 is 4.90 Å². The van der Waals surface area contributed by atoms with E-state index in [1.807, 2.05) is 12.2 Å². The molecule has 3 aliphatic rings. The van der Waals surface area contributed by atoms with Gasteiger partial charge in [0.1, 0.15) is 0 Å². The van der Waals surface area contributed by atoms with Crippen molar-refractivity contribution in [2.45, 2.75) is 56.8 Å². The lowest BCUT2D eigenvalue weighted by Crippen LogP contribution is -2.29. The highest BCUT2D eigenvalue weighted by Gasteiger charge is 2.35. The van der Waals surface area contributed by atoms with E-state index in [2.05, 4.69) is 71.6 Å². The van der Waals surface area contributed by atoms with Gasteiger partial charge in [0.25, 0.3) is 0 Å². The maximum absolute atomic E-state index is 13.2. The van der Waals surface area contributed by atoms with Crippen LogP contribution in [0.25, 0.3) is 6.08 Å². The molecule has 2 atom stereocenters. The monoisotopic (exact) mass is 447 g/mol. The van der Waals surface area contributed by atoms with Crippen molar-refractivity contribution in [3.63, 3.8) is 0 Å². The first-order valence-corrected chi connectivity index (χ1v) is 13.0. The number of piperidine rings is 1. The predicted octanol–water partition coefficient (Wildman–Crippen LogP) is 7.07. The van der Waals surface area contributed by atoms with Crippen molar-refractivity contribution in [3.8, 4) is 0 Å². The number of hydrogen-bond acceptors (Lipinski definition) is 2. The molecule has 3 aromatic carbocycles. The molecule has 2 nitrogen and oxygen atoms in total. The number of anilines is 1. The van der Waals surface area contributed by atoms with Crippen LogP contribution in [-0.4, -0.2) is 18.9 Å². The van der Waals surface area contributed by atoms with Crippen molar-refractivity contribution < 1.29 is 4.79 Å². The van der Waals surface area contributed by atoms with Crippen LogP contribution in [0.15, 0.2) is 72.8 Å². The van der Waals surface area contributed by atoms with Gasteiger partial charge in [-0.25, -0.2) is 0 Å². The Kier molecular flexibility index (Phi) is 5.83. The zero-order valence-electron chi connectivity index (χ0n) is 19.9. The Labute approximate surface area is 203 Å². The lowest BCUT2D eigenvalue weighted by atomic mass is 9.69. The number of aryl methyl sites for hydroxylation is 1. The van der Waals surface area contributed by atoms with E-state index in [9.17, 15) is 4.79 Å². The van der Waals surface area contributed by atoms with Gasteiger partial charge in [0.15, 0.2) is 5.78 Å². The van der Waals surface area contributed by atoms with Gasteiger partial charge in [0.05, 0.1) is 5.92 Å². The summed E-state index contributed by atoms with van der Waals surface area (Å²) in [5.41, 5.74) is 9.20. The average Bonchev–Trinajstić information content (AvgIpc) is 2.89. The van der Waals surface area contributed by atoms with Crippen LogP contribution in [0.4, 0.5) is 5.69 Å². The molecule has 2 aliphatic carbocycles. The molecular weight excluding hydrogens is 414 g/mol. The number of carbonyl (C=O) groups excluding carboxylic acids is 1. The van der Waals surface area contributed by atoms with Crippen molar-refractivity contribution in [2.24, 2.45) is 0 Å². The smallest absolute Gasteiger partial charge is 0.163 e. The number of carbonyl (C=O) groups is 1. The highest BCUT2D eigenvalue weighted by atomic mass is 16.1. The van der Waals surface area contributed by atoms with Crippen LogP contribution in [0.1, 0.15) is 77.3 Å². The molecule has 6 rings (SSSR count). The fraction of sp³-hybridized carbons (Fsp3) is 0.344. The van der Waals surface area contributed by atoms with E-state index < -0.39 is 0 Å². The molecule has 0 aromatic heterocycles. The third kappa shape index (κ3) is 4.11. The summed E-state index contributed by atoms with van der Waals surface area (Å²) in [5, 5.41) is 0. The van der Waals surface area contributed by atoms with Crippen molar-refractivity contribution >= 4 is 17.5 Å². The van der Waals surface area contributed by atoms with Crippen molar-refractivity contribution in [3.05, 3.63) is 106 Å². The number of ketones is 1. The fourth-order valence-electron chi connectivity index (χ4n) is 6.35. The number of fused-ring (bicyclic) bond motifs is 2. The first-order valence-electron chi connectivity index (χ1n) is 13.0. The van der Waals surface area contributed by atoms with Crippen LogP contribution in [-0.2, 0) is 17.6 Å². The Balaban J connectivity index is 1.28. The van der Waals surface area contributed by atoms with Gasteiger partial charge in [-0.2, -0.15) is 0 Å². The summed E-state index contributed by atoms with van der Waals surface area (Å²) in [6.45, 7) is 2.36. The van der Waals surface area contributed by atoms with Gasteiger partial charge in [-0.05, 0) is 102 Å². The maximum Gasteiger partial charge on any atom is 0.163 e. The number of benzene rings is 3. The minimum atomic E-state index is -0.0668. The van der Waals surface area contributed by atoms with Crippen LogP contribution in [0.5, 0.6) is 0 Å². The zero-order valence-corrected chi connectivity index (χ0v) is 19.9. The Bertz CT molecular complexity index is 1220. The molecule has 0 amide bonds. The molecule has 3 aromatic rings. The topological polar surface area (TPSA) is 20.3 Å². The minimum absolute atomic E-state index is 0.0668. The van der Waals surface area contributed by atoms with E-state index >= 15 is 0 Å². The second-order valence-electron chi connectivity index (χ2n) is 10.3. The van der Waals surface area contributed by atoms with Crippen LogP contribution >= 0.6 is 0 Å². The van der Waals surface area contributed by atoms with E-state index in [0.717, 1.165) is 25.7 Å². The molecule has 0 radical (unpaired) electrons. The van der Waals surface area contributed by atoms with Gasteiger partial charge in [-0.3, -0.25) is 4.79 Å². The van der Waals surface area contributed by atoms with Crippen LogP contribution in [0.2, 0.25) is 0 Å². The highest BCUT2D eigenvalue weighted by molar-refractivity contribution is 6.02. The lowest BCUT2D eigenvalue weighted by molar-refractivity contribution is -0.116. The molecule has 1 saturated heterocycles. The number of rotatable bonds is 4. The zero-order chi connectivity index (χ0) is 22.9. The molecule has 2 unspecified atom stereocenters. The molecule has 0 spiro atoms. The number of allylic oxidation sites excluding steroid dienone is 1. The maximum atomic E-state index is 13.2. The molecule has 0 N–H and O–H groups in total. The lowest BCUT2D eigenvalue weighted by Gasteiger charge is -2.33. The predicted molar refractivity (Wildman–Crippen MR) is 141 cm³/mol. The molecule has 1 heterocycles. The van der Waals surface area contributed by atoms with Gasteiger partial charge in [-0.15, -0.1) is 0 Å². The number of hydrogen-bond donors (Lipinski definition) is 0. The summed E-state index contributed by atoms with van der Waals surface area (Å²) in [5.74, 6) is 0.473. The molecule has 34 heavy (non-hydrogen) atoms. The molecule has 1 aliphatic heterocycles.